The number of nitrogens with one attached hydrogen (secondary N) is 2. The zero-order chi connectivity index (χ0) is 20.9. The first-order valence-electron chi connectivity index (χ1n) is 7.81. The second kappa shape index (κ2) is 8.91. The third kappa shape index (κ3) is 5.59. The largest absolute Gasteiger partial charge is 0.496 e. The van der Waals surface area contributed by atoms with E-state index in [0.29, 0.717) is 10.8 Å². The molecule has 28 heavy (non-hydrogen) atoms. The summed E-state index contributed by atoms with van der Waals surface area (Å²) in [6.07, 6.45) is 0. The number of ether oxygens (including phenoxy) is 2. The minimum absolute atomic E-state index is 0.104. The Labute approximate surface area is 166 Å². The molecule has 0 radical (unpaired) electrons. The highest BCUT2D eigenvalue weighted by Crippen LogP contribution is 2.22. The molecule has 2 aromatic carbocycles. The Hall–Kier alpha value is -2.82. The summed E-state index contributed by atoms with van der Waals surface area (Å²) in [7, 11) is -2.70. The molecule has 0 spiro atoms. The highest BCUT2D eigenvalue weighted by Gasteiger charge is 2.18. The van der Waals surface area contributed by atoms with Gasteiger partial charge in [0, 0.05) is 5.02 Å². The van der Waals surface area contributed by atoms with Crippen LogP contribution >= 0.6 is 11.6 Å². The van der Waals surface area contributed by atoms with Crippen LogP contribution in [-0.4, -0.2) is 33.9 Å². The number of methoxy groups -OCH3 is 1. The van der Waals surface area contributed by atoms with E-state index in [9.17, 15) is 18.0 Å². The summed E-state index contributed by atoms with van der Waals surface area (Å²) in [5, 5.41) is 5.63. The summed E-state index contributed by atoms with van der Waals surface area (Å²) in [6, 6.07) is 8.43. The summed E-state index contributed by atoms with van der Waals surface area (Å²) in [4.78, 5) is 23.9. The maximum atomic E-state index is 12.3. The molecular weight excluding hydrogens is 410 g/mol. The summed E-state index contributed by atoms with van der Waals surface area (Å²) >= 11 is 5.91. The second-order valence-corrected chi connectivity index (χ2v) is 7.58. The van der Waals surface area contributed by atoms with E-state index in [2.05, 4.69) is 10.9 Å². The van der Waals surface area contributed by atoms with Crippen molar-refractivity contribution >= 4 is 33.4 Å². The Morgan fingerprint density at radius 3 is 2.46 bits per heavy atom. The Morgan fingerprint density at radius 2 is 1.86 bits per heavy atom. The van der Waals surface area contributed by atoms with Crippen LogP contribution in [0.2, 0.25) is 5.02 Å². The Morgan fingerprint density at radius 1 is 1.14 bits per heavy atom. The zero-order valence-electron chi connectivity index (χ0n) is 15.0. The summed E-state index contributed by atoms with van der Waals surface area (Å²) in [6.45, 7) is 1.42. The number of nitrogens with two attached hydrogens (primary N) is 1. The average molecular weight is 428 g/mol. The van der Waals surface area contributed by atoms with Crippen molar-refractivity contribution in [3.05, 3.63) is 52.5 Å². The zero-order valence-corrected chi connectivity index (χ0v) is 16.6. The lowest BCUT2D eigenvalue weighted by Crippen LogP contribution is -2.44. The van der Waals surface area contributed by atoms with Gasteiger partial charge in [0.2, 0.25) is 10.0 Å². The first-order chi connectivity index (χ1) is 13.1. The van der Waals surface area contributed by atoms with E-state index in [1.165, 1.54) is 19.2 Å². The summed E-state index contributed by atoms with van der Waals surface area (Å²) in [5.41, 5.74) is 4.98. The van der Waals surface area contributed by atoms with E-state index in [0.717, 1.165) is 11.6 Å². The van der Waals surface area contributed by atoms with Crippen molar-refractivity contribution in [2.24, 2.45) is 5.14 Å². The molecule has 0 heterocycles. The summed E-state index contributed by atoms with van der Waals surface area (Å²) in [5.74, 6) is -0.890. The van der Waals surface area contributed by atoms with Crippen LogP contribution in [-0.2, 0) is 14.8 Å². The third-order valence-electron chi connectivity index (χ3n) is 3.56. The Balaban J connectivity index is 1.99. The van der Waals surface area contributed by atoms with Crippen molar-refractivity contribution in [3.8, 4) is 11.5 Å². The van der Waals surface area contributed by atoms with Gasteiger partial charge >= 0.3 is 0 Å². The van der Waals surface area contributed by atoms with Gasteiger partial charge in [-0.2, -0.15) is 0 Å². The van der Waals surface area contributed by atoms with E-state index >= 15 is 0 Å². The molecule has 2 amide bonds. The Bertz CT molecular complexity index is 1010. The number of hydrogen-bond donors (Lipinski definition) is 3. The molecule has 0 fully saturated rings. The van der Waals surface area contributed by atoms with Crippen molar-refractivity contribution in [2.45, 2.75) is 11.8 Å². The molecule has 0 bridgehead atoms. The van der Waals surface area contributed by atoms with Gasteiger partial charge in [-0.25, -0.2) is 13.6 Å². The fourth-order valence-corrected chi connectivity index (χ4v) is 2.78. The molecule has 11 heteroatoms. The number of carbonyl (C=O) groups excluding carboxylic acids is 2. The Kier molecular flexibility index (Phi) is 6.84. The molecule has 150 valence electrons. The molecule has 0 aliphatic heterocycles. The quantitative estimate of drug-likeness (QED) is 0.591. The van der Waals surface area contributed by atoms with Crippen molar-refractivity contribution < 1.29 is 27.5 Å². The molecule has 0 atom stereocenters. The van der Waals surface area contributed by atoms with E-state index in [-0.39, 0.29) is 22.8 Å². The van der Waals surface area contributed by atoms with Gasteiger partial charge in [0.25, 0.3) is 11.8 Å². The number of primary sulfonamides is 1. The first-order valence-corrected chi connectivity index (χ1v) is 9.73. The van der Waals surface area contributed by atoms with Crippen molar-refractivity contribution in [1.29, 1.82) is 0 Å². The first kappa shape index (κ1) is 21.5. The van der Waals surface area contributed by atoms with Gasteiger partial charge in [-0.05, 0) is 48.9 Å². The van der Waals surface area contributed by atoms with E-state index < -0.39 is 21.8 Å². The molecule has 2 rings (SSSR count). The van der Waals surface area contributed by atoms with E-state index in [1.54, 1.807) is 25.1 Å². The lowest BCUT2D eigenvalue weighted by atomic mass is 10.2. The van der Waals surface area contributed by atoms with Gasteiger partial charge in [0.15, 0.2) is 6.61 Å². The summed E-state index contributed by atoms with van der Waals surface area (Å²) < 4.78 is 33.2. The van der Waals surface area contributed by atoms with Crippen LogP contribution in [0.3, 0.4) is 0 Å². The minimum Gasteiger partial charge on any atom is -0.496 e. The van der Waals surface area contributed by atoms with Crippen LogP contribution in [0.4, 0.5) is 0 Å². The second-order valence-electron chi connectivity index (χ2n) is 5.61. The third-order valence-corrected chi connectivity index (χ3v) is 4.89. The van der Waals surface area contributed by atoms with Gasteiger partial charge in [0.1, 0.15) is 11.5 Å². The molecule has 4 N–H and O–H groups in total. The number of benzene rings is 2. The number of hydrogen-bond acceptors (Lipinski definition) is 6. The predicted octanol–water partition coefficient (Wildman–Crippen LogP) is 1.14. The molecule has 0 saturated heterocycles. The highest BCUT2D eigenvalue weighted by molar-refractivity contribution is 7.89. The fourth-order valence-electron chi connectivity index (χ4n) is 2.13. The number of amides is 2. The van der Waals surface area contributed by atoms with Crippen LogP contribution in [0.15, 0.2) is 41.3 Å². The van der Waals surface area contributed by atoms with Gasteiger partial charge in [-0.1, -0.05) is 11.6 Å². The standard InChI is InChI=1S/C17H18ClN3O6S/c1-10-7-11(3-5-14(10)18)27-9-16(22)20-21-17(23)13-8-12(28(19,24)25)4-6-15(13)26-2/h3-8H,9H2,1-2H3,(H,20,22)(H,21,23)(H2,19,24,25). The number of sulfonamides is 1. The van der Waals surface area contributed by atoms with Crippen molar-refractivity contribution in [3.63, 3.8) is 0 Å². The normalized spacial score (nSPS) is 10.9. The number of carbonyl (C=O) groups is 2. The van der Waals surface area contributed by atoms with E-state index in [1.807, 2.05) is 0 Å². The van der Waals surface area contributed by atoms with Crippen LogP contribution in [0.25, 0.3) is 0 Å². The average Bonchev–Trinajstić information content (AvgIpc) is 2.65. The van der Waals surface area contributed by atoms with Crippen LogP contribution in [0, 0.1) is 6.92 Å². The molecule has 0 aliphatic rings. The maximum Gasteiger partial charge on any atom is 0.276 e. The topological polar surface area (TPSA) is 137 Å². The molecular formula is C17H18ClN3O6S. The van der Waals surface area contributed by atoms with Crippen LogP contribution in [0.5, 0.6) is 11.5 Å². The van der Waals surface area contributed by atoms with Crippen molar-refractivity contribution in [2.75, 3.05) is 13.7 Å². The van der Waals surface area contributed by atoms with Crippen LogP contribution in [0.1, 0.15) is 15.9 Å². The van der Waals surface area contributed by atoms with Gasteiger partial charge in [0.05, 0.1) is 17.6 Å². The molecule has 0 aromatic heterocycles. The number of halogens is 1. The minimum atomic E-state index is -4.01. The van der Waals surface area contributed by atoms with E-state index in [4.69, 9.17) is 26.2 Å². The van der Waals surface area contributed by atoms with Crippen molar-refractivity contribution in [1.82, 2.24) is 10.9 Å². The lowest BCUT2D eigenvalue weighted by molar-refractivity contribution is -0.123. The molecule has 0 aliphatic carbocycles. The highest BCUT2D eigenvalue weighted by atomic mass is 35.5. The SMILES string of the molecule is COc1ccc(S(N)(=O)=O)cc1C(=O)NNC(=O)COc1ccc(Cl)c(C)c1. The monoisotopic (exact) mass is 427 g/mol. The molecule has 9 nitrogen and oxygen atoms in total. The number of hydrazine groups is 1. The molecule has 0 unspecified atom stereocenters. The lowest BCUT2D eigenvalue weighted by Gasteiger charge is -2.12. The number of aryl methyl sites for hydroxylation is 1. The van der Waals surface area contributed by atoms with Gasteiger partial charge < -0.3 is 9.47 Å². The van der Waals surface area contributed by atoms with Gasteiger partial charge in [-0.15, -0.1) is 0 Å². The smallest absolute Gasteiger partial charge is 0.276 e. The maximum absolute atomic E-state index is 12.3. The van der Waals surface area contributed by atoms with Gasteiger partial charge in [-0.3, -0.25) is 20.4 Å². The fraction of sp³-hybridized carbons (Fsp3) is 0.176. The number of rotatable bonds is 6. The molecule has 0 saturated carbocycles. The van der Waals surface area contributed by atoms with Crippen LogP contribution < -0.4 is 25.5 Å². The predicted molar refractivity (Wildman–Crippen MR) is 102 cm³/mol. The molecule has 2 aromatic rings.